The van der Waals surface area contributed by atoms with Gasteiger partial charge in [-0.15, -0.1) is 0 Å². The first-order valence-corrected chi connectivity index (χ1v) is 5.70. The smallest absolute Gasteiger partial charge is 0.0920 e. The Balaban J connectivity index is 2.28. The van der Waals surface area contributed by atoms with Crippen molar-refractivity contribution in [3.05, 3.63) is 0 Å². The van der Waals surface area contributed by atoms with Crippen LogP contribution >= 0.6 is 0 Å². The lowest BCUT2D eigenvalue weighted by Gasteiger charge is -2.27. The molecular formula is C11H24N4. The lowest BCUT2D eigenvalue weighted by atomic mass is 10.1. The van der Waals surface area contributed by atoms with Crippen molar-refractivity contribution in [1.29, 1.82) is 5.41 Å². The van der Waals surface area contributed by atoms with Gasteiger partial charge in [-0.25, -0.2) is 0 Å². The number of nitrogens with one attached hydrogen (secondary N) is 1. The second kappa shape index (κ2) is 5.47. The van der Waals surface area contributed by atoms with Gasteiger partial charge in [0.2, 0.25) is 0 Å². The molecule has 4 heteroatoms. The molecule has 1 rings (SSSR count). The minimum Gasteiger partial charge on any atom is -0.388 e. The normalized spacial score (nSPS) is 24.7. The number of rotatable bonds is 5. The molecule has 0 radical (unpaired) electrons. The molecule has 2 atom stereocenters. The quantitative estimate of drug-likeness (QED) is 0.518. The van der Waals surface area contributed by atoms with Gasteiger partial charge in [0.05, 0.1) is 5.84 Å². The van der Waals surface area contributed by atoms with Gasteiger partial charge in [-0.1, -0.05) is 0 Å². The van der Waals surface area contributed by atoms with Gasteiger partial charge in [0.25, 0.3) is 0 Å². The third-order valence-corrected chi connectivity index (χ3v) is 3.30. The largest absolute Gasteiger partial charge is 0.388 e. The minimum atomic E-state index is 0.290. The predicted molar refractivity (Wildman–Crippen MR) is 64.2 cm³/mol. The molecule has 3 N–H and O–H groups in total. The van der Waals surface area contributed by atoms with Crippen molar-refractivity contribution in [2.75, 3.05) is 33.7 Å². The molecule has 0 aromatic carbocycles. The number of likely N-dealkylation sites (tertiary alicyclic amines) is 1. The summed E-state index contributed by atoms with van der Waals surface area (Å²) in [5, 5.41) is 7.28. The van der Waals surface area contributed by atoms with Crippen molar-refractivity contribution >= 4 is 5.84 Å². The van der Waals surface area contributed by atoms with Gasteiger partial charge < -0.3 is 15.5 Å². The van der Waals surface area contributed by atoms with E-state index in [1.807, 2.05) is 0 Å². The van der Waals surface area contributed by atoms with Crippen molar-refractivity contribution in [2.24, 2.45) is 11.7 Å². The summed E-state index contributed by atoms with van der Waals surface area (Å²) in [6, 6.07) is 0.383. The highest BCUT2D eigenvalue weighted by atomic mass is 15.2. The Kier molecular flexibility index (Phi) is 4.54. The van der Waals surface area contributed by atoms with Gasteiger partial charge in [0, 0.05) is 25.6 Å². The van der Waals surface area contributed by atoms with Crippen LogP contribution in [0.1, 0.15) is 19.8 Å². The maximum atomic E-state index is 7.28. The van der Waals surface area contributed by atoms with Crippen molar-refractivity contribution in [1.82, 2.24) is 9.80 Å². The van der Waals surface area contributed by atoms with Crippen LogP contribution < -0.4 is 5.73 Å². The monoisotopic (exact) mass is 212 g/mol. The molecule has 0 aliphatic carbocycles. The van der Waals surface area contributed by atoms with Crippen LogP contribution in [0.15, 0.2) is 0 Å². The summed E-state index contributed by atoms with van der Waals surface area (Å²) >= 11 is 0. The molecule has 1 heterocycles. The summed E-state index contributed by atoms with van der Waals surface area (Å²) in [5.41, 5.74) is 5.41. The number of nitrogens with zero attached hydrogens (tertiary/aromatic N) is 2. The lowest BCUT2D eigenvalue weighted by molar-refractivity contribution is 0.221. The van der Waals surface area contributed by atoms with Crippen LogP contribution in [0.25, 0.3) is 0 Å². The third kappa shape index (κ3) is 4.18. The van der Waals surface area contributed by atoms with Crippen molar-refractivity contribution < 1.29 is 0 Å². The molecular weight excluding hydrogens is 188 g/mol. The average molecular weight is 212 g/mol. The molecule has 1 aliphatic rings. The molecule has 0 aromatic rings. The zero-order chi connectivity index (χ0) is 11.4. The van der Waals surface area contributed by atoms with E-state index in [1.54, 1.807) is 0 Å². The van der Waals surface area contributed by atoms with Gasteiger partial charge in [-0.3, -0.25) is 5.41 Å². The molecule has 0 saturated carbocycles. The van der Waals surface area contributed by atoms with Crippen LogP contribution in [0.4, 0.5) is 0 Å². The maximum absolute atomic E-state index is 7.28. The van der Waals surface area contributed by atoms with E-state index in [2.05, 4.69) is 30.8 Å². The number of nitrogens with two attached hydrogens (primary N) is 1. The van der Waals surface area contributed by atoms with Gasteiger partial charge in [0.15, 0.2) is 0 Å². The first-order chi connectivity index (χ1) is 6.99. The van der Waals surface area contributed by atoms with Crippen LogP contribution in [-0.4, -0.2) is 55.4 Å². The van der Waals surface area contributed by atoms with Crippen LogP contribution in [0, 0.1) is 11.3 Å². The zero-order valence-corrected chi connectivity index (χ0v) is 10.2. The molecule has 0 bridgehead atoms. The summed E-state index contributed by atoms with van der Waals surface area (Å²) in [5.74, 6) is 1.08. The first kappa shape index (κ1) is 12.5. The second-order valence-electron chi connectivity index (χ2n) is 4.93. The summed E-state index contributed by atoms with van der Waals surface area (Å²) in [6.07, 6.45) is 1.98. The summed E-state index contributed by atoms with van der Waals surface area (Å²) in [6.45, 7) is 5.69. The molecule has 0 amide bonds. The SMILES string of the molecule is CC(CC(=N)N)N(C)CC1CCN(C)C1. The maximum Gasteiger partial charge on any atom is 0.0920 e. The van der Waals surface area contributed by atoms with Crippen molar-refractivity contribution in [2.45, 2.75) is 25.8 Å². The first-order valence-electron chi connectivity index (χ1n) is 5.70. The van der Waals surface area contributed by atoms with Crippen molar-refractivity contribution in [3.63, 3.8) is 0 Å². The standard InChI is InChI=1S/C11H24N4/c1-9(6-11(12)13)15(3)8-10-4-5-14(2)7-10/h9-10H,4-8H2,1-3H3,(H3,12,13). The van der Waals surface area contributed by atoms with Crippen LogP contribution in [0.3, 0.4) is 0 Å². The molecule has 1 saturated heterocycles. The number of hydrogen-bond acceptors (Lipinski definition) is 3. The second-order valence-corrected chi connectivity index (χ2v) is 4.93. The van der Waals surface area contributed by atoms with Crippen LogP contribution in [0.5, 0.6) is 0 Å². The van der Waals surface area contributed by atoms with Gasteiger partial charge in [-0.05, 0) is 39.9 Å². The van der Waals surface area contributed by atoms with Gasteiger partial charge in [-0.2, -0.15) is 0 Å². The highest BCUT2D eigenvalue weighted by Crippen LogP contribution is 2.16. The summed E-state index contributed by atoms with van der Waals surface area (Å²) in [7, 11) is 4.31. The molecule has 88 valence electrons. The topological polar surface area (TPSA) is 56.4 Å². The lowest BCUT2D eigenvalue weighted by Crippen LogP contribution is -2.36. The summed E-state index contributed by atoms with van der Waals surface area (Å²) in [4.78, 5) is 4.71. The molecule has 1 aliphatic heterocycles. The fourth-order valence-corrected chi connectivity index (χ4v) is 2.24. The Labute approximate surface area is 92.9 Å². The van der Waals surface area contributed by atoms with E-state index in [4.69, 9.17) is 11.1 Å². The van der Waals surface area contributed by atoms with E-state index >= 15 is 0 Å². The van der Waals surface area contributed by atoms with E-state index in [0.29, 0.717) is 12.5 Å². The number of amidine groups is 1. The number of hydrogen-bond donors (Lipinski definition) is 2. The zero-order valence-electron chi connectivity index (χ0n) is 10.2. The third-order valence-electron chi connectivity index (χ3n) is 3.30. The predicted octanol–water partition coefficient (Wildman–Crippen LogP) is 0.584. The van der Waals surface area contributed by atoms with Crippen LogP contribution in [-0.2, 0) is 0 Å². The molecule has 1 fully saturated rings. The minimum absolute atomic E-state index is 0.290. The van der Waals surface area contributed by atoms with Gasteiger partial charge in [0.1, 0.15) is 0 Å². The van der Waals surface area contributed by atoms with E-state index in [1.165, 1.54) is 19.5 Å². The highest BCUT2D eigenvalue weighted by molar-refractivity contribution is 5.77. The molecule has 0 spiro atoms. The van der Waals surface area contributed by atoms with E-state index in [-0.39, 0.29) is 5.84 Å². The molecule has 15 heavy (non-hydrogen) atoms. The molecule has 0 aromatic heterocycles. The fourth-order valence-electron chi connectivity index (χ4n) is 2.24. The van der Waals surface area contributed by atoms with E-state index in [0.717, 1.165) is 12.5 Å². The Bertz CT molecular complexity index is 217. The Morgan fingerprint density at radius 1 is 1.67 bits per heavy atom. The van der Waals surface area contributed by atoms with Crippen LogP contribution in [0.2, 0.25) is 0 Å². The highest BCUT2D eigenvalue weighted by Gasteiger charge is 2.22. The Morgan fingerprint density at radius 2 is 2.33 bits per heavy atom. The fraction of sp³-hybridized carbons (Fsp3) is 0.909. The average Bonchev–Trinajstić information content (AvgIpc) is 2.50. The Hall–Kier alpha value is -0.610. The van der Waals surface area contributed by atoms with Crippen molar-refractivity contribution in [3.8, 4) is 0 Å². The molecule has 4 nitrogen and oxygen atoms in total. The summed E-state index contributed by atoms with van der Waals surface area (Å²) < 4.78 is 0. The van der Waals surface area contributed by atoms with E-state index < -0.39 is 0 Å². The van der Waals surface area contributed by atoms with E-state index in [9.17, 15) is 0 Å². The van der Waals surface area contributed by atoms with Gasteiger partial charge >= 0.3 is 0 Å². The Morgan fingerprint density at radius 3 is 2.80 bits per heavy atom. The molecule has 2 unspecified atom stereocenters.